The standard InChI is InChI=1S/C15H12ClF2NO2/c1-9(21-12-4-2-3-10(17)7-12)15(20)19-14-6-5-11(18)8-13(14)16/h2-9H,1H3,(H,19,20). The van der Waals surface area contributed by atoms with Gasteiger partial charge in [-0.3, -0.25) is 4.79 Å². The number of anilines is 1. The number of hydrogen-bond acceptors (Lipinski definition) is 2. The number of benzene rings is 2. The summed E-state index contributed by atoms with van der Waals surface area (Å²) in [6.07, 6.45) is -0.868. The summed E-state index contributed by atoms with van der Waals surface area (Å²) in [6.45, 7) is 1.51. The molecule has 1 unspecified atom stereocenters. The molecule has 0 saturated heterocycles. The molecule has 0 heterocycles. The van der Waals surface area contributed by atoms with Crippen LogP contribution in [-0.4, -0.2) is 12.0 Å². The highest BCUT2D eigenvalue weighted by Gasteiger charge is 2.16. The number of carbonyl (C=O) groups excluding carboxylic acids is 1. The summed E-state index contributed by atoms with van der Waals surface area (Å²) >= 11 is 5.81. The number of ether oxygens (including phenoxy) is 1. The quantitative estimate of drug-likeness (QED) is 0.926. The molecule has 110 valence electrons. The van der Waals surface area contributed by atoms with Crippen LogP contribution in [0.15, 0.2) is 42.5 Å². The van der Waals surface area contributed by atoms with Crippen LogP contribution < -0.4 is 10.1 Å². The van der Waals surface area contributed by atoms with Crippen molar-refractivity contribution >= 4 is 23.2 Å². The minimum Gasteiger partial charge on any atom is -0.481 e. The average Bonchev–Trinajstić information content (AvgIpc) is 2.41. The van der Waals surface area contributed by atoms with Crippen LogP contribution in [0.5, 0.6) is 5.75 Å². The number of hydrogen-bond donors (Lipinski definition) is 1. The molecule has 1 N–H and O–H groups in total. The Morgan fingerprint density at radius 1 is 1.19 bits per heavy atom. The number of rotatable bonds is 4. The van der Waals surface area contributed by atoms with Gasteiger partial charge in [0.05, 0.1) is 10.7 Å². The molecule has 0 spiro atoms. The predicted octanol–water partition coefficient (Wildman–Crippen LogP) is 4.02. The lowest BCUT2D eigenvalue weighted by Crippen LogP contribution is -2.30. The minimum absolute atomic E-state index is 0.0845. The molecule has 2 aromatic rings. The van der Waals surface area contributed by atoms with Crippen molar-refractivity contribution < 1.29 is 18.3 Å². The van der Waals surface area contributed by atoms with Crippen LogP contribution in [0.1, 0.15) is 6.92 Å². The molecule has 2 aromatic carbocycles. The highest BCUT2D eigenvalue weighted by molar-refractivity contribution is 6.33. The normalized spacial score (nSPS) is 11.8. The molecule has 21 heavy (non-hydrogen) atoms. The van der Waals surface area contributed by atoms with Crippen molar-refractivity contribution in [1.82, 2.24) is 0 Å². The number of halogens is 3. The zero-order valence-corrected chi connectivity index (χ0v) is 11.8. The third kappa shape index (κ3) is 4.16. The summed E-state index contributed by atoms with van der Waals surface area (Å²) in [7, 11) is 0. The van der Waals surface area contributed by atoms with E-state index in [4.69, 9.17) is 16.3 Å². The molecule has 1 amide bonds. The van der Waals surface area contributed by atoms with Gasteiger partial charge in [0.25, 0.3) is 5.91 Å². The molecule has 0 radical (unpaired) electrons. The van der Waals surface area contributed by atoms with Crippen molar-refractivity contribution in [3.05, 3.63) is 59.1 Å². The maximum Gasteiger partial charge on any atom is 0.265 e. The van der Waals surface area contributed by atoms with E-state index in [0.29, 0.717) is 0 Å². The topological polar surface area (TPSA) is 38.3 Å². The molecule has 1 atom stereocenters. The maximum atomic E-state index is 13.0. The summed E-state index contributed by atoms with van der Waals surface area (Å²) in [6, 6.07) is 9.09. The maximum absolute atomic E-state index is 13.0. The first-order chi connectivity index (χ1) is 9.95. The van der Waals surface area contributed by atoms with Crippen molar-refractivity contribution in [1.29, 1.82) is 0 Å². The monoisotopic (exact) mass is 311 g/mol. The lowest BCUT2D eigenvalue weighted by Gasteiger charge is -2.15. The highest BCUT2D eigenvalue weighted by Crippen LogP contribution is 2.23. The third-order valence-electron chi connectivity index (χ3n) is 2.67. The molecular weight excluding hydrogens is 300 g/mol. The van der Waals surface area contributed by atoms with Gasteiger partial charge in [0.1, 0.15) is 17.4 Å². The van der Waals surface area contributed by atoms with E-state index in [1.165, 1.54) is 43.3 Å². The van der Waals surface area contributed by atoms with Gasteiger partial charge >= 0.3 is 0 Å². The molecule has 0 aliphatic rings. The minimum atomic E-state index is -0.868. The molecule has 0 aliphatic heterocycles. The van der Waals surface area contributed by atoms with Gasteiger partial charge in [-0.2, -0.15) is 0 Å². The second kappa shape index (κ2) is 6.54. The summed E-state index contributed by atoms with van der Waals surface area (Å²) in [5.74, 6) is -1.20. The van der Waals surface area contributed by atoms with E-state index in [2.05, 4.69) is 5.32 Å². The molecule has 3 nitrogen and oxygen atoms in total. The third-order valence-corrected chi connectivity index (χ3v) is 2.98. The molecule has 0 aliphatic carbocycles. The smallest absolute Gasteiger partial charge is 0.265 e. The van der Waals surface area contributed by atoms with Gasteiger partial charge in [-0.15, -0.1) is 0 Å². The van der Waals surface area contributed by atoms with Crippen molar-refractivity contribution in [2.24, 2.45) is 0 Å². The molecule has 6 heteroatoms. The van der Waals surface area contributed by atoms with Crippen molar-refractivity contribution in [3.63, 3.8) is 0 Å². The molecule has 2 rings (SSSR count). The van der Waals surface area contributed by atoms with Gasteiger partial charge in [-0.25, -0.2) is 8.78 Å². The van der Waals surface area contributed by atoms with E-state index in [0.717, 1.165) is 6.07 Å². The summed E-state index contributed by atoms with van der Waals surface area (Å²) in [5.41, 5.74) is 0.276. The van der Waals surface area contributed by atoms with E-state index in [-0.39, 0.29) is 16.5 Å². The van der Waals surface area contributed by atoms with Crippen molar-refractivity contribution in [2.75, 3.05) is 5.32 Å². The summed E-state index contributed by atoms with van der Waals surface area (Å²) in [4.78, 5) is 12.0. The van der Waals surface area contributed by atoms with Gasteiger partial charge in [0.15, 0.2) is 6.10 Å². The predicted molar refractivity (Wildman–Crippen MR) is 76.5 cm³/mol. The SMILES string of the molecule is CC(Oc1cccc(F)c1)C(=O)Nc1ccc(F)cc1Cl. The van der Waals surface area contributed by atoms with Crippen LogP contribution in [0.4, 0.5) is 14.5 Å². The van der Waals surface area contributed by atoms with E-state index in [1.807, 2.05) is 0 Å². The summed E-state index contributed by atoms with van der Waals surface area (Å²) in [5, 5.41) is 2.60. The van der Waals surface area contributed by atoms with Crippen LogP contribution in [0, 0.1) is 11.6 Å². The van der Waals surface area contributed by atoms with Gasteiger partial charge in [-0.1, -0.05) is 17.7 Å². The molecule has 0 saturated carbocycles. The average molecular weight is 312 g/mol. The lowest BCUT2D eigenvalue weighted by atomic mass is 10.3. The first-order valence-corrected chi connectivity index (χ1v) is 6.51. The first kappa shape index (κ1) is 15.3. The Balaban J connectivity index is 2.02. The van der Waals surface area contributed by atoms with Gasteiger partial charge in [-0.05, 0) is 37.3 Å². The van der Waals surface area contributed by atoms with Crippen LogP contribution in [0.25, 0.3) is 0 Å². The van der Waals surface area contributed by atoms with E-state index in [1.54, 1.807) is 0 Å². The first-order valence-electron chi connectivity index (χ1n) is 6.14. The second-order valence-electron chi connectivity index (χ2n) is 4.33. The Kier molecular flexibility index (Phi) is 4.75. The Hall–Kier alpha value is -2.14. The van der Waals surface area contributed by atoms with Crippen LogP contribution in [0.2, 0.25) is 5.02 Å². The van der Waals surface area contributed by atoms with Crippen molar-refractivity contribution in [2.45, 2.75) is 13.0 Å². The molecular formula is C15H12ClF2NO2. The number of nitrogens with one attached hydrogen (secondary N) is 1. The lowest BCUT2D eigenvalue weighted by molar-refractivity contribution is -0.122. The van der Waals surface area contributed by atoms with E-state index in [9.17, 15) is 13.6 Å². The van der Waals surface area contributed by atoms with Crippen LogP contribution in [0.3, 0.4) is 0 Å². The van der Waals surface area contributed by atoms with Gasteiger partial charge in [0.2, 0.25) is 0 Å². The van der Waals surface area contributed by atoms with Crippen LogP contribution >= 0.6 is 11.6 Å². The van der Waals surface area contributed by atoms with E-state index >= 15 is 0 Å². The molecule has 0 bridgehead atoms. The Morgan fingerprint density at radius 3 is 2.57 bits per heavy atom. The Labute approximate surface area is 125 Å². The van der Waals surface area contributed by atoms with Gasteiger partial charge < -0.3 is 10.1 Å². The Bertz CT molecular complexity index is 664. The summed E-state index contributed by atoms with van der Waals surface area (Å²) < 4.78 is 31.3. The molecule has 0 aromatic heterocycles. The number of carbonyl (C=O) groups is 1. The fourth-order valence-corrected chi connectivity index (χ4v) is 1.84. The fourth-order valence-electron chi connectivity index (χ4n) is 1.62. The zero-order chi connectivity index (χ0) is 15.4. The zero-order valence-electron chi connectivity index (χ0n) is 11.1. The van der Waals surface area contributed by atoms with Gasteiger partial charge in [0, 0.05) is 6.07 Å². The Morgan fingerprint density at radius 2 is 1.90 bits per heavy atom. The largest absolute Gasteiger partial charge is 0.481 e. The van der Waals surface area contributed by atoms with Crippen molar-refractivity contribution in [3.8, 4) is 5.75 Å². The fraction of sp³-hybridized carbons (Fsp3) is 0.133. The highest BCUT2D eigenvalue weighted by atomic mass is 35.5. The second-order valence-corrected chi connectivity index (χ2v) is 4.74. The molecule has 0 fully saturated rings. The number of amides is 1. The van der Waals surface area contributed by atoms with E-state index < -0.39 is 23.6 Å². The van der Waals surface area contributed by atoms with Crippen LogP contribution in [-0.2, 0) is 4.79 Å².